The Morgan fingerprint density at radius 2 is 2.11 bits per heavy atom. The van der Waals surface area contributed by atoms with Crippen LogP contribution in [0.15, 0.2) is 46.5 Å². The Hall–Kier alpha value is -2.45. The van der Waals surface area contributed by atoms with Gasteiger partial charge in [0.2, 0.25) is 0 Å². The van der Waals surface area contributed by atoms with Crippen molar-refractivity contribution < 1.29 is 5.11 Å². The molecule has 7 nitrogen and oxygen atoms in total. The first-order valence-corrected chi connectivity index (χ1v) is 10.1. The molecular weight excluding hydrogens is 362 g/mol. The van der Waals surface area contributed by atoms with Crippen LogP contribution in [0.2, 0.25) is 0 Å². The molecule has 0 radical (unpaired) electrons. The minimum Gasteiger partial charge on any atom is -0.384 e. The first-order chi connectivity index (χ1) is 13.0. The predicted molar refractivity (Wildman–Crippen MR) is 105 cm³/mol. The van der Waals surface area contributed by atoms with Crippen molar-refractivity contribution in [3.05, 3.63) is 52.6 Å². The molecule has 0 saturated carbocycles. The third-order valence-electron chi connectivity index (χ3n) is 4.82. The fourth-order valence-electron chi connectivity index (χ4n) is 3.33. The summed E-state index contributed by atoms with van der Waals surface area (Å²) in [6.45, 7) is 2.20. The van der Waals surface area contributed by atoms with Gasteiger partial charge in [-0.15, -0.1) is 0 Å². The van der Waals surface area contributed by atoms with Crippen molar-refractivity contribution in [2.75, 3.05) is 6.26 Å². The number of nitrogens with zero attached hydrogens (tertiary/aromatic N) is 5. The molecule has 2 bridgehead atoms. The molecule has 0 aliphatic carbocycles. The van der Waals surface area contributed by atoms with Crippen molar-refractivity contribution in [2.24, 2.45) is 0 Å². The first-order valence-electron chi connectivity index (χ1n) is 8.89. The number of fused-ring (bicyclic) bond motifs is 6. The highest BCUT2D eigenvalue weighted by Gasteiger charge is 2.26. The van der Waals surface area contributed by atoms with Crippen LogP contribution in [0.5, 0.6) is 0 Å². The second-order valence-electron chi connectivity index (χ2n) is 6.81. The number of allylic oxidation sites excluding steroid dienone is 2. The molecule has 4 rings (SSSR count). The van der Waals surface area contributed by atoms with Gasteiger partial charge in [-0.05, 0) is 44.6 Å². The molecule has 8 heteroatoms. The van der Waals surface area contributed by atoms with Crippen molar-refractivity contribution >= 4 is 22.8 Å². The van der Waals surface area contributed by atoms with Crippen molar-refractivity contribution in [3.8, 4) is 5.82 Å². The van der Waals surface area contributed by atoms with Crippen molar-refractivity contribution in [1.82, 2.24) is 24.3 Å². The maximum absolute atomic E-state index is 13.0. The van der Waals surface area contributed by atoms with Crippen LogP contribution in [0.4, 0.5) is 0 Å². The maximum atomic E-state index is 13.0. The molecule has 0 amide bonds. The molecule has 3 aromatic rings. The van der Waals surface area contributed by atoms with E-state index in [-0.39, 0.29) is 5.56 Å². The molecule has 1 atom stereocenters. The summed E-state index contributed by atoms with van der Waals surface area (Å²) in [5.74, 6) is 0.555. The van der Waals surface area contributed by atoms with Crippen molar-refractivity contribution in [2.45, 2.75) is 43.5 Å². The fraction of sp³-hybridized carbons (Fsp3) is 0.368. The van der Waals surface area contributed by atoms with Gasteiger partial charge < -0.3 is 5.11 Å². The number of hydrogen-bond donors (Lipinski definition) is 1. The number of thioether (sulfide) groups is 1. The Morgan fingerprint density at radius 1 is 1.26 bits per heavy atom. The SMILES string of the molecule is CSc1ncc2c(=O)n3n(c2n1)-c1cccc(n1)C(C)(O)CCC/C=C\C3. The molecule has 1 unspecified atom stereocenters. The van der Waals surface area contributed by atoms with E-state index in [4.69, 9.17) is 0 Å². The molecule has 0 fully saturated rings. The topological polar surface area (TPSA) is 85.8 Å². The third-order valence-corrected chi connectivity index (χ3v) is 5.38. The maximum Gasteiger partial charge on any atom is 0.278 e. The van der Waals surface area contributed by atoms with Crippen LogP contribution >= 0.6 is 11.8 Å². The Morgan fingerprint density at radius 3 is 2.93 bits per heavy atom. The molecule has 1 aliphatic heterocycles. The monoisotopic (exact) mass is 383 g/mol. The summed E-state index contributed by atoms with van der Waals surface area (Å²) in [5, 5.41) is 11.9. The highest BCUT2D eigenvalue weighted by molar-refractivity contribution is 7.98. The van der Waals surface area contributed by atoms with Crippen LogP contribution < -0.4 is 5.56 Å². The average molecular weight is 383 g/mol. The molecule has 1 N–H and O–H groups in total. The van der Waals surface area contributed by atoms with E-state index in [2.05, 4.69) is 15.0 Å². The summed E-state index contributed by atoms with van der Waals surface area (Å²) < 4.78 is 3.34. The van der Waals surface area contributed by atoms with E-state index in [0.29, 0.717) is 40.7 Å². The van der Waals surface area contributed by atoms with Crippen LogP contribution in [0.1, 0.15) is 31.9 Å². The minimum atomic E-state index is -1.03. The van der Waals surface area contributed by atoms with Crippen LogP contribution in [0, 0.1) is 0 Å². The fourth-order valence-corrected chi connectivity index (χ4v) is 3.67. The molecule has 3 aromatic heterocycles. The summed E-state index contributed by atoms with van der Waals surface area (Å²) in [4.78, 5) is 26.4. The van der Waals surface area contributed by atoms with Gasteiger partial charge in [0.1, 0.15) is 11.0 Å². The Labute approximate surface area is 160 Å². The molecule has 27 heavy (non-hydrogen) atoms. The van der Waals surface area contributed by atoms with Gasteiger partial charge in [0.05, 0.1) is 12.2 Å². The lowest BCUT2D eigenvalue weighted by molar-refractivity contribution is 0.0413. The third kappa shape index (κ3) is 3.19. The van der Waals surface area contributed by atoms with E-state index in [1.165, 1.54) is 11.8 Å². The smallest absolute Gasteiger partial charge is 0.278 e. The normalized spacial score (nSPS) is 21.3. The Balaban J connectivity index is 2.04. The second kappa shape index (κ2) is 6.94. The zero-order valence-corrected chi connectivity index (χ0v) is 16.1. The summed E-state index contributed by atoms with van der Waals surface area (Å²) in [6.07, 6.45) is 9.78. The summed E-state index contributed by atoms with van der Waals surface area (Å²) in [7, 11) is 0. The second-order valence-corrected chi connectivity index (χ2v) is 7.58. The van der Waals surface area contributed by atoms with Gasteiger partial charge >= 0.3 is 0 Å². The first kappa shape index (κ1) is 17.9. The van der Waals surface area contributed by atoms with Crippen LogP contribution in [0.3, 0.4) is 0 Å². The van der Waals surface area contributed by atoms with Gasteiger partial charge in [-0.1, -0.05) is 30.0 Å². The van der Waals surface area contributed by atoms with Crippen molar-refractivity contribution in [1.29, 1.82) is 0 Å². The Kier molecular flexibility index (Phi) is 4.61. The zero-order chi connectivity index (χ0) is 19.0. The van der Waals surface area contributed by atoms with Crippen LogP contribution in [-0.4, -0.2) is 35.7 Å². The molecule has 140 valence electrons. The highest BCUT2D eigenvalue weighted by atomic mass is 32.2. The minimum absolute atomic E-state index is 0.154. The molecule has 0 aromatic carbocycles. The molecular formula is C19H21N5O2S. The number of rotatable bonds is 1. The van der Waals surface area contributed by atoms with E-state index >= 15 is 0 Å². The van der Waals surface area contributed by atoms with Gasteiger partial charge in [-0.3, -0.25) is 4.79 Å². The van der Waals surface area contributed by atoms with Gasteiger partial charge in [-0.25, -0.2) is 24.3 Å². The molecule has 0 spiro atoms. The molecule has 0 saturated heterocycles. The van der Waals surface area contributed by atoms with Gasteiger partial charge in [0.15, 0.2) is 16.6 Å². The van der Waals surface area contributed by atoms with Gasteiger partial charge in [0.25, 0.3) is 5.56 Å². The van der Waals surface area contributed by atoms with Gasteiger partial charge in [0, 0.05) is 6.20 Å². The lowest BCUT2D eigenvalue weighted by Crippen LogP contribution is -2.26. The Bertz CT molecular complexity index is 1080. The summed E-state index contributed by atoms with van der Waals surface area (Å²) in [6, 6.07) is 5.50. The van der Waals surface area contributed by atoms with E-state index in [9.17, 15) is 9.90 Å². The standard InChI is InChI=1S/C19H21N5O2S/c1-19(26)10-5-3-4-6-11-23-17(25)13-12-20-18(27-2)22-16(13)24(23)15-9-7-8-14(19)21-15/h4,6-9,12,26H,3,5,10-11H2,1-2H3/b6-4-. The van der Waals surface area contributed by atoms with Gasteiger partial charge in [-0.2, -0.15) is 0 Å². The van der Waals surface area contributed by atoms with E-state index < -0.39 is 5.60 Å². The number of aliphatic hydroxyl groups is 1. The van der Waals surface area contributed by atoms with E-state index in [1.807, 2.05) is 36.6 Å². The van der Waals surface area contributed by atoms with E-state index in [0.717, 1.165) is 12.8 Å². The molecule has 1 aliphatic rings. The summed E-state index contributed by atoms with van der Waals surface area (Å²) in [5.41, 5.74) is -0.0757. The average Bonchev–Trinajstić information content (AvgIpc) is 2.95. The zero-order valence-electron chi connectivity index (χ0n) is 15.3. The molecule has 4 heterocycles. The van der Waals surface area contributed by atoms with Crippen molar-refractivity contribution in [3.63, 3.8) is 0 Å². The quantitative estimate of drug-likeness (QED) is 0.395. The van der Waals surface area contributed by atoms with Crippen LogP contribution in [0.25, 0.3) is 16.9 Å². The lowest BCUT2D eigenvalue weighted by atomic mass is 9.94. The van der Waals surface area contributed by atoms with Crippen LogP contribution in [-0.2, 0) is 12.1 Å². The number of aromatic nitrogens is 5. The largest absolute Gasteiger partial charge is 0.384 e. The number of pyridine rings is 1. The van der Waals surface area contributed by atoms with E-state index in [1.54, 1.807) is 22.5 Å². The lowest BCUT2D eigenvalue weighted by Gasteiger charge is -2.23. The highest BCUT2D eigenvalue weighted by Crippen LogP contribution is 2.27. The number of hydrogen-bond acceptors (Lipinski definition) is 6. The predicted octanol–water partition coefficient (Wildman–Crippen LogP) is 2.65. The summed E-state index contributed by atoms with van der Waals surface area (Å²) >= 11 is 1.42.